The van der Waals surface area contributed by atoms with Gasteiger partial charge >= 0.3 is 0 Å². The summed E-state index contributed by atoms with van der Waals surface area (Å²) in [6, 6.07) is 13.2. The van der Waals surface area contributed by atoms with Gasteiger partial charge in [-0.05, 0) is 49.7 Å². The van der Waals surface area contributed by atoms with Crippen molar-refractivity contribution in [3.63, 3.8) is 0 Å². The number of likely N-dealkylation sites (tertiary alicyclic amines) is 1. The first-order valence-electron chi connectivity index (χ1n) is 11.3. The minimum Gasteiger partial charge on any atom is -0.381 e. The smallest absolute Gasteiger partial charge is 0.255 e. The van der Waals surface area contributed by atoms with Gasteiger partial charge in [-0.1, -0.05) is 56.0 Å². The molecule has 154 valence electrons. The van der Waals surface area contributed by atoms with Crippen molar-refractivity contribution in [3.05, 3.63) is 59.9 Å². The molecular formula is C25H33N3O. The van der Waals surface area contributed by atoms with Crippen LogP contribution in [0.3, 0.4) is 0 Å². The third kappa shape index (κ3) is 5.59. The molecule has 1 amide bonds. The molecule has 0 spiro atoms. The first-order chi connectivity index (χ1) is 14.3. The van der Waals surface area contributed by atoms with Gasteiger partial charge in [-0.2, -0.15) is 0 Å². The summed E-state index contributed by atoms with van der Waals surface area (Å²) in [6.45, 7) is 1.69. The molecule has 4 rings (SSSR count). The number of anilines is 1. The summed E-state index contributed by atoms with van der Waals surface area (Å²) < 4.78 is 0. The molecule has 0 unspecified atom stereocenters. The maximum atomic E-state index is 13.0. The third-order valence-electron chi connectivity index (χ3n) is 6.48. The number of carbonyl (C=O) groups is 1. The van der Waals surface area contributed by atoms with Gasteiger partial charge in [-0.3, -0.25) is 9.78 Å². The standard InChI is InChI=1S/C25H33N3O/c29-25(28-14-12-21(13-15-28)16-20-8-4-3-5-9-20)22-17-24(19-26-18-22)27-23-10-6-1-2-7-11-23/h3-5,8-9,17-19,21,23,27H,1-2,6-7,10-16H2. The van der Waals surface area contributed by atoms with Crippen LogP contribution in [0.15, 0.2) is 48.8 Å². The van der Waals surface area contributed by atoms with E-state index in [0.717, 1.165) is 38.0 Å². The molecule has 1 aromatic heterocycles. The highest BCUT2D eigenvalue weighted by Gasteiger charge is 2.24. The van der Waals surface area contributed by atoms with Gasteiger partial charge in [-0.25, -0.2) is 0 Å². The van der Waals surface area contributed by atoms with E-state index in [2.05, 4.69) is 40.6 Å². The summed E-state index contributed by atoms with van der Waals surface area (Å²) in [4.78, 5) is 19.4. The maximum Gasteiger partial charge on any atom is 0.255 e. The second kappa shape index (κ2) is 9.91. The zero-order valence-electron chi connectivity index (χ0n) is 17.4. The Kier molecular flexibility index (Phi) is 6.81. The molecule has 1 aliphatic heterocycles. The van der Waals surface area contributed by atoms with Crippen molar-refractivity contribution < 1.29 is 4.79 Å². The van der Waals surface area contributed by atoms with E-state index in [1.807, 2.05) is 17.2 Å². The van der Waals surface area contributed by atoms with E-state index >= 15 is 0 Å². The predicted octanol–water partition coefficient (Wildman–Crippen LogP) is 5.31. The van der Waals surface area contributed by atoms with Crippen molar-refractivity contribution in [1.29, 1.82) is 0 Å². The van der Waals surface area contributed by atoms with Crippen LogP contribution in [0, 0.1) is 5.92 Å². The summed E-state index contributed by atoms with van der Waals surface area (Å²) in [7, 11) is 0. The molecule has 1 N–H and O–H groups in total. The van der Waals surface area contributed by atoms with Crippen LogP contribution in [0.1, 0.15) is 67.3 Å². The van der Waals surface area contributed by atoms with Crippen molar-refractivity contribution in [1.82, 2.24) is 9.88 Å². The molecule has 1 saturated carbocycles. The Labute approximate surface area is 174 Å². The maximum absolute atomic E-state index is 13.0. The summed E-state index contributed by atoms with van der Waals surface area (Å²) in [5, 5.41) is 3.62. The number of hydrogen-bond donors (Lipinski definition) is 1. The minimum absolute atomic E-state index is 0.125. The average Bonchev–Trinajstić information content (AvgIpc) is 3.03. The van der Waals surface area contributed by atoms with Gasteiger partial charge in [-0.15, -0.1) is 0 Å². The van der Waals surface area contributed by atoms with Crippen LogP contribution in [-0.4, -0.2) is 34.9 Å². The predicted molar refractivity (Wildman–Crippen MR) is 118 cm³/mol. The van der Waals surface area contributed by atoms with Gasteiger partial charge in [0, 0.05) is 31.5 Å². The molecule has 2 aliphatic rings. The lowest BCUT2D eigenvalue weighted by molar-refractivity contribution is 0.0690. The Balaban J connectivity index is 1.31. The Morgan fingerprint density at radius 1 is 0.966 bits per heavy atom. The number of carbonyl (C=O) groups excluding carboxylic acids is 1. The van der Waals surface area contributed by atoms with E-state index in [4.69, 9.17) is 0 Å². The minimum atomic E-state index is 0.125. The number of hydrogen-bond acceptors (Lipinski definition) is 3. The molecule has 0 bridgehead atoms. The first-order valence-corrected chi connectivity index (χ1v) is 11.3. The van der Waals surface area contributed by atoms with E-state index in [1.54, 1.807) is 6.20 Å². The Morgan fingerprint density at radius 3 is 2.41 bits per heavy atom. The van der Waals surface area contributed by atoms with Crippen molar-refractivity contribution in [2.45, 2.75) is 63.8 Å². The molecule has 29 heavy (non-hydrogen) atoms. The summed E-state index contributed by atoms with van der Waals surface area (Å²) in [5.41, 5.74) is 3.10. The molecule has 2 fully saturated rings. The van der Waals surface area contributed by atoms with Crippen LogP contribution in [0.4, 0.5) is 5.69 Å². The summed E-state index contributed by atoms with van der Waals surface area (Å²) in [5.74, 6) is 0.794. The molecule has 4 heteroatoms. The van der Waals surface area contributed by atoms with Crippen LogP contribution < -0.4 is 5.32 Å². The average molecular weight is 392 g/mol. The molecule has 1 saturated heterocycles. The molecular weight excluding hydrogens is 358 g/mol. The highest BCUT2D eigenvalue weighted by atomic mass is 16.2. The van der Waals surface area contributed by atoms with E-state index in [0.29, 0.717) is 17.5 Å². The summed E-state index contributed by atoms with van der Waals surface area (Å²) >= 11 is 0. The van der Waals surface area contributed by atoms with Crippen LogP contribution in [0.2, 0.25) is 0 Å². The third-order valence-corrected chi connectivity index (χ3v) is 6.48. The zero-order chi connectivity index (χ0) is 19.9. The highest BCUT2D eigenvalue weighted by Crippen LogP contribution is 2.24. The van der Waals surface area contributed by atoms with Gasteiger partial charge in [0.1, 0.15) is 0 Å². The number of nitrogens with zero attached hydrogens (tertiary/aromatic N) is 2. The molecule has 2 aromatic rings. The second-order valence-corrected chi connectivity index (χ2v) is 8.72. The number of piperidine rings is 1. The Bertz CT molecular complexity index is 776. The van der Waals surface area contributed by atoms with Gasteiger partial charge in [0.15, 0.2) is 0 Å². The normalized spacial score (nSPS) is 19.0. The number of amides is 1. The number of aromatic nitrogens is 1. The fraction of sp³-hybridized carbons (Fsp3) is 0.520. The van der Waals surface area contributed by atoms with Gasteiger partial charge in [0.05, 0.1) is 11.3 Å². The second-order valence-electron chi connectivity index (χ2n) is 8.72. The number of nitrogens with one attached hydrogen (secondary N) is 1. The first kappa shape index (κ1) is 19.9. The lowest BCUT2D eigenvalue weighted by atomic mass is 9.90. The van der Waals surface area contributed by atoms with Crippen molar-refractivity contribution >= 4 is 11.6 Å². The lowest BCUT2D eigenvalue weighted by Crippen LogP contribution is -2.39. The fourth-order valence-corrected chi connectivity index (χ4v) is 4.77. The van der Waals surface area contributed by atoms with Crippen LogP contribution >= 0.6 is 0 Å². The lowest BCUT2D eigenvalue weighted by Gasteiger charge is -2.32. The monoisotopic (exact) mass is 391 g/mol. The Morgan fingerprint density at radius 2 is 1.69 bits per heavy atom. The van der Waals surface area contributed by atoms with Gasteiger partial charge < -0.3 is 10.2 Å². The van der Waals surface area contributed by atoms with Crippen molar-refractivity contribution in [3.8, 4) is 0 Å². The topological polar surface area (TPSA) is 45.2 Å². The molecule has 1 aromatic carbocycles. The number of pyridine rings is 1. The molecule has 0 radical (unpaired) electrons. The fourth-order valence-electron chi connectivity index (χ4n) is 4.77. The van der Waals surface area contributed by atoms with Crippen molar-refractivity contribution in [2.24, 2.45) is 5.92 Å². The van der Waals surface area contributed by atoms with Gasteiger partial charge in [0.2, 0.25) is 0 Å². The number of benzene rings is 1. The molecule has 0 atom stereocenters. The van der Waals surface area contributed by atoms with E-state index in [1.165, 1.54) is 44.1 Å². The van der Waals surface area contributed by atoms with Crippen molar-refractivity contribution in [2.75, 3.05) is 18.4 Å². The Hall–Kier alpha value is -2.36. The number of rotatable bonds is 5. The van der Waals surface area contributed by atoms with Crippen LogP contribution in [0.25, 0.3) is 0 Å². The highest BCUT2D eigenvalue weighted by molar-refractivity contribution is 5.94. The van der Waals surface area contributed by atoms with E-state index in [9.17, 15) is 4.79 Å². The van der Waals surface area contributed by atoms with Gasteiger partial charge in [0.25, 0.3) is 5.91 Å². The van der Waals surface area contributed by atoms with Crippen LogP contribution in [0.5, 0.6) is 0 Å². The van der Waals surface area contributed by atoms with Crippen LogP contribution in [-0.2, 0) is 6.42 Å². The zero-order valence-corrected chi connectivity index (χ0v) is 17.4. The quantitative estimate of drug-likeness (QED) is 0.703. The van der Waals surface area contributed by atoms with E-state index < -0.39 is 0 Å². The molecule has 4 nitrogen and oxygen atoms in total. The SMILES string of the molecule is O=C(c1cncc(NC2CCCCCC2)c1)N1CCC(Cc2ccccc2)CC1. The van der Waals surface area contributed by atoms with E-state index in [-0.39, 0.29) is 5.91 Å². The molecule has 2 heterocycles. The largest absolute Gasteiger partial charge is 0.381 e. The molecule has 1 aliphatic carbocycles. The summed E-state index contributed by atoms with van der Waals surface area (Å²) in [6.07, 6.45) is 14.5.